The summed E-state index contributed by atoms with van der Waals surface area (Å²) < 4.78 is 0. The van der Waals surface area contributed by atoms with Crippen LogP contribution in [0.5, 0.6) is 23.0 Å². The van der Waals surface area contributed by atoms with Gasteiger partial charge in [-0.15, -0.1) is 0 Å². The van der Waals surface area contributed by atoms with Crippen molar-refractivity contribution in [2.45, 2.75) is 0 Å². The Morgan fingerprint density at radius 1 is 0.760 bits per heavy atom. The Kier molecular flexibility index (Phi) is 4.78. The zero-order chi connectivity index (χ0) is 18.7. The maximum atomic E-state index is 12.5. The van der Waals surface area contributed by atoms with Gasteiger partial charge < -0.3 is 25.5 Å². The van der Waals surface area contributed by atoms with Gasteiger partial charge in [0.05, 0.1) is 11.1 Å². The number of amides is 2. The molecule has 0 saturated carbocycles. The van der Waals surface area contributed by atoms with Gasteiger partial charge in [0.25, 0.3) is 11.8 Å². The van der Waals surface area contributed by atoms with Crippen molar-refractivity contribution in [2.75, 3.05) is 6.54 Å². The monoisotopic (exact) mass is 347 g/mol. The van der Waals surface area contributed by atoms with E-state index in [-0.39, 0.29) is 4.90 Å². The van der Waals surface area contributed by atoms with Crippen LogP contribution in [0.15, 0.2) is 36.4 Å². The van der Waals surface area contributed by atoms with Crippen LogP contribution in [0.3, 0.4) is 0 Å². The minimum absolute atomic E-state index is 0.255. The Hall–Kier alpha value is -3.75. The number of hydrogen-bond acceptors (Lipinski definition) is 7. The number of imide groups is 1. The van der Waals surface area contributed by atoms with Crippen molar-refractivity contribution < 1.29 is 39.9 Å². The molecule has 9 nitrogen and oxygen atoms in total. The minimum Gasteiger partial charge on any atom is -0.504 e. The van der Waals surface area contributed by atoms with Crippen molar-refractivity contribution in [3.05, 3.63) is 47.5 Å². The van der Waals surface area contributed by atoms with Crippen LogP contribution in [0.1, 0.15) is 20.7 Å². The molecule has 25 heavy (non-hydrogen) atoms. The van der Waals surface area contributed by atoms with Crippen LogP contribution < -0.4 is 0 Å². The first kappa shape index (κ1) is 17.6. The van der Waals surface area contributed by atoms with Gasteiger partial charge in [-0.25, -0.2) is 0 Å². The first-order valence-electron chi connectivity index (χ1n) is 6.84. The molecule has 5 N–H and O–H groups in total. The molecule has 0 aromatic heterocycles. The van der Waals surface area contributed by atoms with E-state index in [1.54, 1.807) is 0 Å². The lowest BCUT2D eigenvalue weighted by atomic mass is 10.1. The third kappa shape index (κ3) is 3.44. The number of phenolic OH excluding ortho intramolecular Hbond substituents is 4. The fourth-order valence-electron chi connectivity index (χ4n) is 2.07. The number of carbonyl (C=O) groups is 3. The lowest BCUT2D eigenvalue weighted by Gasteiger charge is -2.20. The Morgan fingerprint density at radius 3 is 1.52 bits per heavy atom. The number of aromatic hydroxyl groups is 4. The molecule has 2 aromatic carbocycles. The quantitative estimate of drug-likeness (QED) is 0.403. The summed E-state index contributed by atoms with van der Waals surface area (Å²) in [5.74, 6) is -6.85. The van der Waals surface area contributed by atoms with Gasteiger partial charge in [-0.05, 0) is 24.3 Å². The van der Waals surface area contributed by atoms with Crippen LogP contribution in [0.2, 0.25) is 0 Å². The number of carbonyl (C=O) groups excluding carboxylic acids is 2. The second-order valence-corrected chi connectivity index (χ2v) is 4.94. The Morgan fingerprint density at radius 2 is 1.16 bits per heavy atom. The number of rotatable bonds is 4. The highest BCUT2D eigenvalue weighted by atomic mass is 16.4. The standard InChI is InChI=1S/C16H13NO8/c18-10-5-1-3-8(13(10)22)15(24)17(7-12(20)21)16(25)9-4-2-6-11(19)14(9)23/h1-6,18-19,22-23H,7H2,(H,20,21). The summed E-state index contributed by atoms with van der Waals surface area (Å²) in [7, 11) is 0. The highest BCUT2D eigenvalue weighted by Gasteiger charge is 2.30. The molecule has 2 aromatic rings. The summed E-state index contributed by atoms with van der Waals surface area (Å²) in [5, 5.41) is 47.4. The molecule has 9 heteroatoms. The first-order chi connectivity index (χ1) is 11.7. The van der Waals surface area contributed by atoms with Crippen LogP contribution in [0, 0.1) is 0 Å². The Bertz CT molecular complexity index is 798. The predicted molar refractivity (Wildman–Crippen MR) is 82.5 cm³/mol. The van der Waals surface area contributed by atoms with Gasteiger partial charge in [0, 0.05) is 0 Å². The second kappa shape index (κ2) is 6.79. The average molecular weight is 347 g/mol. The Labute approximate surface area is 140 Å². The average Bonchev–Trinajstić information content (AvgIpc) is 2.56. The maximum absolute atomic E-state index is 12.5. The number of para-hydroxylation sites is 2. The van der Waals surface area contributed by atoms with Crippen molar-refractivity contribution in [1.82, 2.24) is 4.90 Å². The number of carboxylic acid groups (broad SMARTS) is 1. The number of nitrogens with zero attached hydrogens (tertiary/aromatic N) is 1. The van der Waals surface area contributed by atoms with E-state index in [1.807, 2.05) is 0 Å². The zero-order valence-corrected chi connectivity index (χ0v) is 12.6. The third-order valence-electron chi connectivity index (χ3n) is 3.27. The minimum atomic E-state index is -1.53. The molecule has 130 valence electrons. The van der Waals surface area contributed by atoms with Crippen molar-refractivity contribution in [3.63, 3.8) is 0 Å². The molecular formula is C16H13NO8. The number of carboxylic acids is 1. The van der Waals surface area contributed by atoms with Crippen LogP contribution >= 0.6 is 0 Å². The fraction of sp³-hybridized carbons (Fsp3) is 0.0625. The summed E-state index contributed by atoms with van der Waals surface area (Å²) in [6.07, 6.45) is 0. The highest BCUT2D eigenvalue weighted by Crippen LogP contribution is 2.32. The molecule has 0 aliphatic rings. The number of aliphatic carboxylic acids is 1. The highest BCUT2D eigenvalue weighted by molar-refractivity contribution is 6.13. The molecule has 0 radical (unpaired) electrons. The molecule has 0 aliphatic carbocycles. The topological polar surface area (TPSA) is 156 Å². The van der Waals surface area contributed by atoms with Crippen LogP contribution in [0.25, 0.3) is 0 Å². The predicted octanol–water partition coefficient (Wildman–Crippen LogP) is 0.876. The molecule has 2 rings (SSSR count). The molecular weight excluding hydrogens is 334 g/mol. The van der Waals surface area contributed by atoms with E-state index in [1.165, 1.54) is 12.1 Å². The van der Waals surface area contributed by atoms with Crippen LogP contribution in [0.4, 0.5) is 0 Å². The van der Waals surface area contributed by atoms with E-state index in [9.17, 15) is 34.8 Å². The lowest BCUT2D eigenvalue weighted by Crippen LogP contribution is -2.40. The first-order valence-corrected chi connectivity index (χ1v) is 6.84. The van der Waals surface area contributed by atoms with Gasteiger partial charge in [-0.3, -0.25) is 19.3 Å². The van der Waals surface area contributed by atoms with Crippen LogP contribution in [-0.2, 0) is 4.79 Å². The summed E-state index contributed by atoms with van der Waals surface area (Å²) in [6, 6.07) is 6.80. The smallest absolute Gasteiger partial charge is 0.323 e. The molecule has 0 aliphatic heterocycles. The maximum Gasteiger partial charge on any atom is 0.323 e. The number of hydrogen-bond donors (Lipinski definition) is 5. The van der Waals surface area contributed by atoms with Crippen molar-refractivity contribution >= 4 is 17.8 Å². The zero-order valence-electron chi connectivity index (χ0n) is 12.6. The molecule has 0 bridgehead atoms. The van der Waals surface area contributed by atoms with Gasteiger partial charge in [-0.2, -0.15) is 0 Å². The van der Waals surface area contributed by atoms with Gasteiger partial charge in [0.15, 0.2) is 23.0 Å². The van der Waals surface area contributed by atoms with Crippen LogP contribution in [-0.4, -0.2) is 54.8 Å². The molecule has 0 unspecified atom stereocenters. The van der Waals surface area contributed by atoms with Gasteiger partial charge >= 0.3 is 5.97 Å². The summed E-state index contributed by atoms with van der Waals surface area (Å²) >= 11 is 0. The molecule has 0 saturated heterocycles. The van der Waals surface area contributed by atoms with Gasteiger partial charge in [-0.1, -0.05) is 12.1 Å². The molecule has 0 spiro atoms. The fourth-order valence-corrected chi connectivity index (χ4v) is 2.07. The summed E-state index contributed by atoms with van der Waals surface area (Å²) in [5.41, 5.74) is -1.01. The second-order valence-electron chi connectivity index (χ2n) is 4.94. The SMILES string of the molecule is O=C(O)CN(C(=O)c1cccc(O)c1O)C(=O)c1cccc(O)c1O. The van der Waals surface area contributed by atoms with E-state index >= 15 is 0 Å². The van der Waals surface area contributed by atoms with Crippen molar-refractivity contribution in [2.24, 2.45) is 0 Å². The van der Waals surface area contributed by atoms with E-state index < -0.39 is 58.5 Å². The molecule has 0 atom stereocenters. The Balaban J connectivity index is 2.50. The number of benzene rings is 2. The molecule has 2 amide bonds. The van der Waals surface area contributed by atoms with Crippen molar-refractivity contribution in [1.29, 1.82) is 0 Å². The summed E-state index contributed by atoms with van der Waals surface area (Å²) in [4.78, 5) is 36.3. The van der Waals surface area contributed by atoms with Gasteiger partial charge in [0.2, 0.25) is 0 Å². The van der Waals surface area contributed by atoms with E-state index in [4.69, 9.17) is 5.11 Å². The lowest BCUT2D eigenvalue weighted by molar-refractivity contribution is -0.137. The van der Waals surface area contributed by atoms with E-state index in [0.717, 1.165) is 24.3 Å². The normalized spacial score (nSPS) is 10.2. The van der Waals surface area contributed by atoms with Gasteiger partial charge in [0.1, 0.15) is 6.54 Å². The number of phenols is 4. The molecule has 0 fully saturated rings. The van der Waals surface area contributed by atoms with E-state index in [2.05, 4.69) is 0 Å². The van der Waals surface area contributed by atoms with E-state index in [0.29, 0.717) is 0 Å². The largest absolute Gasteiger partial charge is 0.504 e. The summed E-state index contributed by atoms with van der Waals surface area (Å²) in [6.45, 7) is -1.07. The molecule has 0 heterocycles. The van der Waals surface area contributed by atoms with Crippen molar-refractivity contribution in [3.8, 4) is 23.0 Å². The third-order valence-corrected chi connectivity index (χ3v) is 3.27.